The molecule has 0 aromatic heterocycles. The molecule has 0 atom stereocenters. The molecule has 2 aromatic rings. The number of hydrogen-bond acceptors (Lipinski definition) is 7. The molecular weight excluding hydrogens is 482 g/mol. The van der Waals surface area contributed by atoms with Crippen LogP contribution in [0.4, 0.5) is 4.79 Å². The molecule has 8 nitrogen and oxygen atoms in total. The Hall–Kier alpha value is -3.07. The van der Waals surface area contributed by atoms with Crippen molar-refractivity contribution in [3.05, 3.63) is 54.6 Å². The van der Waals surface area contributed by atoms with Crippen LogP contribution in [-0.4, -0.2) is 56.4 Å². The summed E-state index contributed by atoms with van der Waals surface area (Å²) >= 11 is 0. The largest absolute Gasteiger partial charge is 0.466 e. The number of benzene rings is 2. The summed E-state index contributed by atoms with van der Waals surface area (Å²) < 4.78 is 42.7. The van der Waals surface area contributed by atoms with Gasteiger partial charge in [0.15, 0.2) is 9.84 Å². The fourth-order valence-electron chi connectivity index (χ4n) is 4.07. The van der Waals surface area contributed by atoms with Crippen molar-refractivity contribution in [2.45, 2.75) is 57.5 Å². The first-order chi connectivity index (χ1) is 16.9. The number of hydrogen-bond donors (Lipinski definition) is 0. The zero-order valence-electron chi connectivity index (χ0n) is 21.4. The summed E-state index contributed by atoms with van der Waals surface area (Å²) in [6, 6.07) is 15.5. The predicted octanol–water partition coefficient (Wildman–Crippen LogP) is 5.22. The van der Waals surface area contributed by atoms with E-state index >= 15 is 0 Å². The van der Waals surface area contributed by atoms with Gasteiger partial charge in [0.25, 0.3) is 0 Å². The number of carbonyl (C=O) groups is 2. The molecule has 0 N–H and O–H groups in total. The minimum atomic E-state index is -3.66. The van der Waals surface area contributed by atoms with Crippen LogP contribution in [-0.2, 0) is 24.1 Å². The highest BCUT2D eigenvalue weighted by atomic mass is 32.2. The molecule has 0 bridgehead atoms. The Morgan fingerprint density at radius 3 is 2.08 bits per heavy atom. The Kier molecular flexibility index (Phi) is 8.66. The number of carbonyl (C=O) groups excluding carboxylic acids is 2. The molecule has 0 saturated carbocycles. The first-order valence-electron chi connectivity index (χ1n) is 12.1. The molecule has 1 aliphatic heterocycles. The topological polar surface area (TPSA) is 99.2 Å². The molecule has 0 spiro atoms. The SMILES string of the molecule is CCOC(=O)C1(CCS(=O)(=O)c2ccc(Oc3ccccc3)cc2)CCN(C(=O)OC(C)(C)C)CC1. The maximum Gasteiger partial charge on any atom is 0.410 e. The minimum absolute atomic E-state index is 0.110. The maximum atomic E-state index is 13.1. The molecule has 0 radical (unpaired) electrons. The van der Waals surface area contributed by atoms with Gasteiger partial charge < -0.3 is 19.1 Å². The molecule has 36 heavy (non-hydrogen) atoms. The van der Waals surface area contributed by atoms with Crippen molar-refractivity contribution < 1.29 is 32.2 Å². The van der Waals surface area contributed by atoms with Crippen LogP contribution in [0.5, 0.6) is 11.5 Å². The third-order valence-corrected chi connectivity index (χ3v) is 7.82. The van der Waals surface area contributed by atoms with Crippen LogP contribution in [0.15, 0.2) is 59.5 Å². The standard InChI is InChI=1S/C27H35NO7S/c1-5-33-24(29)27(15-18-28(19-16-27)25(30)35-26(2,3)4)17-20-36(31,32)23-13-11-22(12-14-23)34-21-9-7-6-8-10-21/h6-14H,5,15-20H2,1-4H3. The molecular formula is C27H35NO7S. The van der Waals surface area contributed by atoms with E-state index < -0.39 is 32.9 Å². The lowest BCUT2D eigenvalue weighted by Crippen LogP contribution is -2.49. The zero-order chi connectivity index (χ0) is 26.4. The van der Waals surface area contributed by atoms with Crippen LogP contribution in [0, 0.1) is 5.41 Å². The molecule has 9 heteroatoms. The molecule has 0 unspecified atom stereocenters. The van der Waals surface area contributed by atoms with Gasteiger partial charge in [0, 0.05) is 13.1 Å². The quantitative estimate of drug-likeness (QED) is 0.443. The van der Waals surface area contributed by atoms with Crippen molar-refractivity contribution in [1.82, 2.24) is 4.90 Å². The molecule has 1 amide bonds. The third-order valence-electron chi connectivity index (χ3n) is 6.09. The van der Waals surface area contributed by atoms with E-state index in [-0.39, 0.29) is 23.7 Å². The monoisotopic (exact) mass is 517 g/mol. The number of piperidine rings is 1. The Morgan fingerprint density at radius 2 is 1.53 bits per heavy atom. The lowest BCUT2D eigenvalue weighted by molar-refractivity contribution is -0.158. The van der Waals surface area contributed by atoms with Gasteiger partial charge in [0.05, 0.1) is 22.7 Å². The smallest absolute Gasteiger partial charge is 0.410 e. The highest BCUT2D eigenvalue weighted by molar-refractivity contribution is 7.91. The van der Waals surface area contributed by atoms with E-state index in [9.17, 15) is 18.0 Å². The van der Waals surface area contributed by atoms with Crippen LogP contribution in [0.1, 0.15) is 47.0 Å². The number of likely N-dealkylation sites (tertiary alicyclic amines) is 1. The second-order valence-corrected chi connectivity index (χ2v) is 12.0. The minimum Gasteiger partial charge on any atom is -0.466 e. The zero-order valence-corrected chi connectivity index (χ0v) is 22.2. The summed E-state index contributed by atoms with van der Waals surface area (Å²) in [5, 5.41) is 0. The first-order valence-corrected chi connectivity index (χ1v) is 13.8. The summed E-state index contributed by atoms with van der Waals surface area (Å²) in [7, 11) is -3.66. The summed E-state index contributed by atoms with van der Waals surface area (Å²) in [6.45, 7) is 7.89. The Morgan fingerprint density at radius 1 is 0.944 bits per heavy atom. The second kappa shape index (κ2) is 11.3. The van der Waals surface area contributed by atoms with Crippen molar-refractivity contribution in [3.8, 4) is 11.5 Å². The van der Waals surface area contributed by atoms with Gasteiger partial charge in [-0.3, -0.25) is 4.79 Å². The number of para-hydroxylation sites is 1. The molecule has 0 aliphatic carbocycles. The molecule has 1 heterocycles. The molecule has 1 fully saturated rings. The Balaban J connectivity index is 1.67. The lowest BCUT2D eigenvalue weighted by atomic mass is 9.76. The highest BCUT2D eigenvalue weighted by Gasteiger charge is 2.44. The van der Waals surface area contributed by atoms with Gasteiger partial charge in [-0.1, -0.05) is 18.2 Å². The van der Waals surface area contributed by atoms with Gasteiger partial charge in [-0.05, 0) is 83.4 Å². The first kappa shape index (κ1) is 27.5. The van der Waals surface area contributed by atoms with Crippen LogP contribution in [0.3, 0.4) is 0 Å². The van der Waals surface area contributed by atoms with Crippen LogP contribution in [0.2, 0.25) is 0 Å². The predicted molar refractivity (Wildman–Crippen MR) is 136 cm³/mol. The van der Waals surface area contributed by atoms with Gasteiger partial charge in [-0.25, -0.2) is 13.2 Å². The molecule has 2 aromatic carbocycles. The molecule has 1 aliphatic rings. The van der Waals surface area contributed by atoms with E-state index in [4.69, 9.17) is 14.2 Å². The van der Waals surface area contributed by atoms with Crippen molar-refractivity contribution in [1.29, 1.82) is 0 Å². The average Bonchev–Trinajstić information content (AvgIpc) is 2.83. The van der Waals surface area contributed by atoms with E-state index in [1.165, 1.54) is 12.1 Å². The average molecular weight is 518 g/mol. The summed E-state index contributed by atoms with van der Waals surface area (Å²) in [5.74, 6) is 0.549. The van der Waals surface area contributed by atoms with Gasteiger partial charge in [-0.2, -0.15) is 0 Å². The van der Waals surface area contributed by atoms with Crippen molar-refractivity contribution >= 4 is 21.9 Å². The van der Waals surface area contributed by atoms with Crippen molar-refractivity contribution in [2.24, 2.45) is 5.41 Å². The van der Waals surface area contributed by atoms with Crippen LogP contribution in [0.25, 0.3) is 0 Å². The fourth-order valence-corrected chi connectivity index (χ4v) is 5.52. The number of esters is 1. The van der Waals surface area contributed by atoms with Crippen molar-refractivity contribution in [2.75, 3.05) is 25.4 Å². The molecule has 3 rings (SSSR count). The lowest BCUT2D eigenvalue weighted by Gasteiger charge is -2.40. The fraction of sp³-hybridized carbons (Fsp3) is 0.481. The van der Waals surface area contributed by atoms with Gasteiger partial charge >= 0.3 is 12.1 Å². The van der Waals surface area contributed by atoms with E-state index in [1.54, 1.807) is 44.7 Å². The number of rotatable bonds is 8. The number of nitrogens with zero attached hydrogens (tertiary/aromatic N) is 1. The van der Waals surface area contributed by atoms with Crippen molar-refractivity contribution in [3.63, 3.8) is 0 Å². The third kappa shape index (κ3) is 7.22. The summed E-state index contributed by atoms with van der Waals surface area (Å²) in [4.78, 5) is 27.1. The van der Waals surface area contributed by atoms with Gasteiger partial charge in [0.2, 0.25) is 0 Å². The normalized spacial score (nSPS) is 15.7. The summed E-state index contributed by atoms with van der Waals surface area (Å²) in [6.07, 6.45) is 0.290. The number of sulfone groups is 1. The van der Waals surface area contributed by atoms with Gasteiger partial charge in [0.1, 0.15) is 17.1 Å². The van der Waals surface area contributed by atoms with E-state index in [2.05, 4.69) is 0 Å². The van der Waals surface area contributed by atoms with E-state index in [0.29, 0.717) is 37.4 Å². The maximum absolute atomic E-state index is 13.1. The van der Waals surface area contributed by atoms with E-state index in [0.717, 1.165) is 0 Å². The van der Waals surface area contributed by atoms with E-state index in [1.807, 2.05) is 30.3 Å². The molecule has 1 saturated heterocycles. The second-order valence-electron chi connectivity index (χ2n) is 9.92. The number of ether oxygens (including phenoxy) is 3. The molecule has 196 valence electrons. The van der Waals surface area contributed by atoms with Crippen LogP contribution < -0.4 is 4.74 Å². The Bertz CT molecular complexity index is 1130. The number of amides is 1. The Labute approximate surface area is 213 Å². The summed E-state index contributed by atoms with van der Waals surface area (Å²) in [5.41, 5.74) is -1.60. The van der Waals surface area contributed by atoms with Crippen LogP contribution >= 0.6 is 0 Å². The highest BCUT2D eigenvalue weighted by Crippen LogP contribution is 2.38. The van der Waals surface area contributed by atoms with Gasteiger partial charge in [-0.15, -0.1) is 0 Å².